The standard InChI is InChI=1S/C6H11NO/c1-3-5(2)8-6-4-7-6/h3,6-7H,4H2,1-2H3/b5-3+. The van der Waals surface area contributed by atoms with Crippen LogP contribution in [0.4, 0.5) is 0 Å². The Labute approximate surface area is 49.5 Å². The van der Waals surface area contributed by atoms with Gasteiger partial charge in [-0.15, -0.1) is 0 Å². The first-order valence-corrected chi connectivity index (χ1v) is 2.86. The predicted octanol–water partition coefficient (Wildman–Crippen LogP) is 0.856. The lowest BCUT2D eigenvalue weighted by molar-refractivity contribution is 0.194. The quantitative estimate of drug-likeness (QED) is 0.425. The summed E-state index contributed by atoms with van der Waals surface area (Å²) < 4.78 is 5.26. The molecule has 1 saturated heterocycles. The third-order valence-electron chi connectivity index (χ3n) is 1.11. The molecule has 8 heavy (non-hydrogen) atoms. The fourth-order valence-electron chi connectivity index (χ4n) is 0.424. The number of rotatable bonds is 2. The zero-order chi connectivity index (χ0) is 5.98. The van der Waals surface area contributed by atoms with Crippen LogP contribution in [0.3, 0.4) is 0 Å². The first kappa shape index (κ1) is 5.63. The maximum absolute atomic E-state index is 5.26. The van der Waals surface area contributed by atoms with Crippen molar-refractivity contribution >= 4 is 0 Å². The first-order chi connectivity index (χ1) is 3.83. The van der Waals surface area contributed by atoms with Gasteiger partial charge in [-0.3, -0.25) is 5.32 Å². The van der Waals surface area contributed by atoms with E-state index in [9.17, 15) is 0 Å². The minimum absolute atomic E-state index is 0.311. The van der Waals surface area contributed by atoms with Crippen molar-refractivity contribution < 1.29 is 4.74 Å². The summed E-state index contributed by atoms with van der Waals surface area (Å²) in [5.74, 6) is 1.00. The van der Waals surface area contributed by atoms with Gasteiger partial charge in [0.25, 0.3) is 0 Å². The van der Waals surface area contributed by atoms with Gasteiger partial charge in [-0.1, -0.05) is 0 Å². The van der Waals surface area contributed by atoms with Gasteiger partial charge in [0.15, 0.2) is 6.23 Å². The van der Waals surface area contributed by atoms with E-state index in [-0.39, 0.29) is 0 Å². The van der Waals surface area contributed by atoms with E-state index in [1.54, 1.807) is 0 Å². The second-order valence-corrected chi connectivity index (χ2v) is 1.91. The van der Waals surface area contributed by atoms with E-state index < -0.39 is 0 Å². The molecule has 1 fully saturated rings. The molecule has 0 radical (unpaired) electrons. The molecule has 0 bridgehead atoms. The summed E-state index contributed by atoms with van der Waals surface area (Å²) in [6.07, 6.45) is 2.27. The van der Waals surface area contributed by atoms with Crippen LogP contribution in [0.2, 0.25) is 0 Å². The topological polar surface area (TPSA) is 31.2 Å². The number of ether oxygens (including phenoxy) is 1. The van der Waals surface area contributed by atoms with Gasteiger partial charge in [0.1, 0.15) is 0 Å². The van der Waals surface area contributed by atoms with Crippen LogP contribution < -0.4 is 5.32 Å². The average molecular weight is 113 g/mol. The molecule has 1 atom stereocenters. The fraction of sp³-hybridized carbons (Fsp3) is 0.667. The molecule has 1 unspecified atom stereocenters. The Balaban J connectivity index is 2.16. The molecule has 1 N–H and O–H groups in total. The number of nitrogens with one attached hydrogen (secondary N) is 1. The zero-order valence-corrected chi connectivity index (χ0v) is 5.27. The highest BCUT2D eigenvalue weighted by Gasteiger charge is 2.20. The van der Waals surface area contributed by atoms with Crippen LogP contribution in [0.1, 0.15) is 13.8 Å². The summed E-state index contributed by atoms with van der Waals surface area (Å²) in [5, 5.41) is 3.04. The Bertz CT molecular complexity index is 105. The van der Waals surface area contributed by atoms with Gasteiger partial charge in [-0.25, -0.2) is 0 Å². The molecule has 0 aromatic rings. The first-order valence-electron chi connectivity index (χ1n) is 2.86. The molecule has 46 valence electrons. The Morgan fingerprint density at radius 3 is 2.88 bits per heavy atom. The van der Waals surface area contributed by atoms with Crippen molar-refractivity contribution in [2.75, 3.05) is 6.54 Å². The Hall–Kier alpha value is -0.500. The van der Waals surface area contributed by atoms with Crippen molar-refractivity contribution in [2.45, 2.75) is 20.1 Å². The lowest BCUT2D eigenvalue weighted by Gasteiger charge is -1.99. The highest BCUT2D eigenvalue weighted by atomic mass is 16.5. The Kier molecular flexibility index (Phi) is 1.53. The van der Waals surface area contributed by atoms with E-state index >= 15 is 0 Å². The van der Waals surface area contributed by atoms with E-state index in [2.05, 4.69) is 5.32 Å². The lowest BCUT2D eigenvalue weighted by Crippen LogP contribution is -1.95. The van der Waals surface area contributed by atoms with Crippen LogP contribution in [0.15, 0.2) is 11.8 Å². The van der Waals surface area contributed by atoms with E-state index in [1.807, 2.05) is 19.9 Å². The normalized spacial score (nSPS) is 27.8. The summed E-state index contributed by atoms with van der Waals surface area (Å²) in [7, 11) is 0. The van der Waals surface area contributed by atoms with Crippen LogP contribution in [-0.4, -0.2) is 12.8 Å². The largest absolute Gasteiger partial charge is 0.479 e. The van der Waals surface area contributed by atoms with Gasteiger partial charge in [0.05, 0.1) is 5.76 Å². The van der Waals surface area contributed by atoms with E-state index in [0.29, 0.717) is 6.23 Å². The molecular weight excluding hydrogens is 102 g/mol. The SMILES string of the molecule is C/C=C(\C)OC1CN1. The molecular formula is C6H11NO. The van der Waals surface area contributed by atoms with Crippen LogP contribution in [0.5, 0.6) is 0 Å². The molecule has 1 heterocycles. The van der Waals surface area contributed by atoms with Gasteiger partial charge >= 0.3 is 0 Å². The van der Waals surface area contributed by atoms with E-state index in [1.165, 1.54) is 0 Å². The summed E-state index contributed by atoms with van der Waals surface area (Å²) in [4.78, 5) is 0. The van der Waals surface area contributed by atoms with Crippen molar-refractivity contribution in [1.82, 2.24) is 5.32 Å². The Morgan fingerprint density at radius 2 is 2.50 bits per heavy atom. The zero-order valence-electron chi connectivity index (χ0n) is 5.27. The van der Waals surface area contributed by atoms with Crippen molar-refractivity contribution in [1.29, 1.82) is 0 Å². The smallest absolute Gasteiger partial charge is 0.162 e. The number of allylic oxidation sites excluding steroid dienone is 2. The monoisotopic (exact) mass is 113 g/mol. The van der Waals surface area contributed by atoms with Crippen molar-refractivity contribution in [3.63, 3.8) is 0 Å². The second-order valence-electron chi connectivity index (χ2n) is 1.91. The van der Waals surface area contributed by atoms with Gasteiger partial charge in [-0.05, 0) is 19.9 Å². The van der Waals surface area contributed by atoms with Crippen LogP contribution in [0.25, 0.3) is 0 Å². The molecule has 1 aliphatic rings. The summed E-state index contributed by atoms with van der Waals surface area (Å²) in [6.45, 7) is 4.93. The number of hydrogen-bond donors (Lipinski definition) is 1. The predicted molar refractivity (Wildman–Crippen MR) is 32.3 cm³/mol. The minimum atomic E-state index is 0.311. The molecule has 1 aliphatic heterocycles. The molecule has 1 rings (SSSR count). The van der Waals surface area contributed by atoms with Crippen LogP contribution >= 0.6 is 0 Å². The molecule has 0 aromatic carbocycles. The Morgan fingerprint density at radius 1 is 1.88 bits per heavy atom. The molecule has 0 saturated carbocycles. The van der Waals surface area contributed by atoms with Gasteiger partial charge in [0.2, 0.25) is 0 Å². The molecule has 0 spiro atoms. The second kappa shape index (κ2) is 2.18. The van der Waals surface area contributed by atoms with E-state index in [0.717, 1.165) is 12.3 Å². The van der Waals surface area contributed by atoms with E-state index in [4.69, 9.17) is 4.74 Å². The highest BCUT2D eigenvalue weighted by molar-refractivity contribution is 4.88. The minimum Gasteiger partial charge on any atom is -0.479 e. The molecule has 0 amide bonds. The molecule has 2 heteroatoms. The van der Waals surface area contributed by atoms with Gasteiger partial charge < -0.3 is 4.74 Å². The molecule has 2 nitrogen and oxygen atoms in total. The third kappa shape index (κ3) is 1.54. The molecule has 0 aromatic heterocycles. The van der Waals surface area contributed by atoms with Gasteiger partial charge in [0, 0.05) is 6.54 Å². The maximum atomic E-state index is 5.26. The summed E-state index contributed by atoms with van der Waals surface area (Å²) >= 11 is 0. The molecule has 0 aliphatic carbocycles. The van der Waals surface area contributed by atoms with Gasteiger partial charge in [-0.2, -0.15) is 0 Å². The van der Waals surface area contributed by atoms with Crippen LogP contribution in [0, 0.1) is 0 Å². The maximum Gasteiger partial charge on any atom is 0.162 e. The van der Waals surface area contributed by atoms with Crippen molar-refractivity contribution in [3.05, 3.63) is 11.8 Å². The average Bonchev–Trinajstić information content (AvgIpc) is 2.50. The third-order valence-corrected chi connectivity index (χ3v) is 1.11. The summed E-state index contributed by atoms with van der Waals surface area (Å²) in [5.41, 5.74) is 0. The summed E-state index contributed by atoms with van der Waals surface area (Å²) in [6, 6.07) is 0. The van der Waals surface area contributed by atoms with Crippen LogP contribution in [-0.2, 0) is 4.74 Å². The van der Waals surface area contributed by atoms with Crippen molar-refractivity contribution in [3.8, 4) is 0 Å². The fourth-order valence-corrected chi connectivity index (χ4v) is 0.424. The van der Waals surface area contributed by atoms with Crippen molar-refractivity contribution in [2.24, 2.45) is 0 Å². The number of hydrogen-bond acceptors (Lipinski definition) is 2. The highest BCUT2D eigenvalue weighted by Crippen LogP contribution is 2.05. The lowest BCUT2D eigenvalue weighted by atomic mass is 10.5.